The Bertz CT molecular complexity index is 1460. The van der Waals surface area contributed by atoms with Crippen molar-refractivity contribution in [3.05, 3.63) is 68.6 Å². The van der Waals surface area contributed by atoms with Crippen LogP contribution >= 0.6 is 31.9 Å². The maximum atomic E-state index is 6.92. The lowest BCUT2D eigenvalue weighted by Gasteiger charge is -2.58. The molecule has 8 aliphatic rings. The third-order valence-electron chi connectivity index (χ3n) is 12.7. The highest BCUT2D eigenvalue weighted by Crippen LogP contribution is 2.66. The fraction of sp³-hybridized carbons (Fsp3) is 0.526. The van der Waals surface area contributed by atoms with Crippen molar-refractivity contribution < 1.29 is 9.47 Å². The van der Waals surface area contributed by atoms with E-state index in [1.165, 1.54) is 88.2 Å². The lowest BCUT2D eigenvalue weighted by Crippen LogP contribution is -2.50. The van der Waals surface area contributed by atoms with Crippen molar-refractivity contribution in [2.45, 2.75) is 87.9 Å². The lowest BCUT2D eigenvalue weighted by molar-refractivity contribution is -0.00937. The minimum atomic E-state index is 0.167. The normalized spacial score (nSPS) is 36.1. The predicted molar refractivity (Wildman–Crippen MR) is 183 cm³/mol. The molecule has 0 spiro atoms. The molecular weight excluding hydrogens is 676 g/mol. The minimum absolute atomic E-state index is 0.167. The van der Waals surface area contributed by atoms with Gasteiger partial charge in [-0.1, -0.05) is 31.9 Å². The van der Waals surface area contributed by atoms with E-state index in [1.54, 1.807) is 0 Å². The Balaban J connectivity index is 1.24. The van der Waals surface area contributed by atoms with Gasteiger partial charge >= 0.3 is 0 Å². The van der Waals surface area contributed by atoms with Gasteiger partial charge in [0.25, 0.3) is 0 Å². The van der Waals surface area contributed by atoms with Gasteiger partial charge in [0.1, 0.15) is 23.0 Å². The van der Waals surface area contributed by atoms with E-state index < -0.39 is 0 Å². The van der Waals surface area contributed by atoms with E-state index in [0.717, 1.165) is 56.0 Å². The summed E-state index contributed by atoms with van der Waals surface area (Å²) in [4.78, 5) is 0. The molecular formula is C38H42Br2N2O2. The molecule has 11 rings (SSSR count). The molecule has 3 aromatic carbocycles. The lowest BCUT2D eigenvalue weighted by atomic mass is 9.46. The highest BCUT2D eigenvalue weighted by molar-refractivity contribution is 9.10. The number of nitrogens with two attached hydrogens (primary N) is 2. The van der Waals surface area contributed by atoms with E-state index in [0.29, 0.717) is 22.9 Å². The maximum Gasteiger partial charge on any atom is 0.150 e. The molecule has 0 aromatic heterocycles. The van der Waals surface area contributed by atoms with E-state index >= 15 is 0 Å². The zero-order valence-corrected chi connectivity index (χ0v) is 28.5. The summed E-state index contributed by atoms with van der Waals surface area (Å²) in [5.41, 5.74) is 17.5. The van der Waals surface area contributed by atoms with Crippen LogP contribution < -0.4 is 20.9 Å². The summed E-state index contributed by atoms with van der Waals surface area (Å²) in [6, 6.07) is 16.7. The first-order valence-electron chi connectivity index (χ1n) is 16.9. The number of halogens is 2. The third kappa shape index (κ3) is 4.63. The second-order valence-corrected chi connectivity index (χ2v) is 17.6. The van der Waals surface area contributed by atoms with E-state index in [9.17, 15) is 0 Å². The van der Waals surface area contributed by atoms with Crippen molar-refractivity contribution >= 4 is 43.2 Å². The third-order valence-corrected chi connectivity index (χ3v) is 13.7. The molecule has 0 heterocycles. The molecule has 0 saturated heterocycles. The van der Waals surface area contributed by atoms with E-state index in [2.05, 4.69) is 44.0 Å². The molecule has 6 heteroatoms. The van der Waals surface area contributed by atoms with Crippen molar-refractivity contribution in [2.24, 2.45) is 35.5 Å². The van der Waals surface area contributed by atoms with Crippen LogP contribution in [-0.4, -0.2) is 0 Å². The standard InChI is InChI=1S/C38H42Br2N2O2/c39-27-1-3-33(31(41)11-27)43-35-14-36(44-34-4-2-28(40)12-32(34)42)30(38-18-24-8-25(19-38)10-26(9-24)20-38)13-29(35)37-15-21-5-22(16-37)7-23(6-21)17-37/h1-4,11-14,21-26H,5-10,15-20,41-42H2. The van der Waals surface area contributed by atoms with E-state index in [1.807, 2.05) is 36.4 Å². The first kappa shape index (κ1) is 28.1. The van der Waals surface area contributed by atoms with Gasteiger partial charge in [-0.15, -0.1) is 0 Å². The summed E-state index contributed by atoms with van der Waals surface area (Å²) in [5, 5.41) is 0. The van der Waals surface area contributed by atoms with Gasteiger partial charge in [0.15, 0.2) is 0 Å². The number of hydrogen-bond donors (Lipinski definition) is 2. The van der Waals surface area contributed by atoms with Crippen LogP contribution in [0.25, 0.3) is 0 Å². The average Bonchev–Trinajstić information content (AvgIpc) is 2.94. The van der Waals surface area contributed by atoms with Crippen LogP contribution in [0.3, 0.4) is 0 Å². The molecule has 4 N–H and O–H groups in total. The van der Waals surface area contributed by atoms with Crippen molar-refractivity contribution in [3.63, 3.8) is 0 Å². The van der Waals surface area contributed by atoms with Crippen LogP contribution in [0.1, 0.15) is 88.2 Å². The molecule has 3 aromatic rings. The second-order valence-electron chi connectivity index (χ2n) is 15.8. The Morgan fingerprint density at radius 1 is 0.477 bits per heavy atom. The molecule has 8 aliphatic carbocycles. The number of hydrogen-bond acceptors (Lipinski definition) is 4. The fourth-order valence-corrected chi connectivity index (χ4v) is 12.7. The van der Waals surface area contributed by atoms with Gasteiger partial charge in [0.2, 0.25) is 0 Å². The van der Waals surface area contributed by atoms with Crippen LogP contribution in [0, 0.1) is 35.5 Å². The van der Waals surface area contributed by atoms with Crippen LogP contribution in [0.15, 0.2) is 57.5 Å². The van der Waals surface area contributed by atoms with Gasteiger partial charge in [-0.25, -0.2) is 0 Å². The van der Waals surface area contributed by atoms with E-state index in [-0.39, 0.29) is 10.8 Å². The van der Waals surface area contributed by atoms with Crippen molar-refractivity contribution in [1.29, 1.82) is 0 Å². The first-order valence-corrected chi connectivity index (χ1v) is 18.5. The Morgan fingerprint density at radius 3 is 1.14 bits per heavy atom. The molecule has 0 radical (unpaired) electrons. The summed E-state index contributed by atoms with van der Waals surface area (Å²) in [6.07, 6.45) is 16.2. The highest BCUT2D eigenvalue weighted by atomic mass is 79.9. The van der Waals surface area contributed by atoms with Crippen molar-refractivity contribution in [3.8, 4) is 23.0 Å². The molecule has 4 nitrogen and oxygen atoms in total. The summed E-state index contributed by atoms with van der Waals surface area (Å²) in [5.74, 6) is 8.29. The van der Waals surface area contributed by atoms with Crippen LogP contribution in [0.2, 0.25) is 0 Å². The summed E-state index contributed by atoms with van der Waals surface area (Å²) >= 11 is 7.16. The molecule has 0 unspecified atom stereocenters. The summed E-state index contributed by atoms with van der Waals surface area (Å²) in [6.45, 7) is 0. The number of nitrogen functional groups attached to an aromatic ring is 2. The molecule has 0 atom stereocenters. The van der Waals surface area contributed by atoms with E-state index in [4.69, 9.17) is 20.9 Å². The largest absolute Gasteiger partial charge is 0.455 e. The van der Waals surface area contributed by atoms with Gasteiger partial charge < -0.3 is 20.9 Å². The Labute approximate surface area is 277 Å². The highest BCUT2D eigenvalue weighted by Gasteiger charge is 2.55. The Morgan fingerprint density at radius 2 is 0.818 bits per heavy atom. The first-order chi connectivity index (χ1) is 21.2. The summed E-state index contributed by atoms with van der Waals surface area (Å²) in [7, 11) is 0. The summed E-state index contributed by atoms with van der Waals surface area (Å²) < 4.78 is 15.8. The van der Waals surface area contributed by atoms with Gasteiger partial charge in [-0.2, -0.15) is 0 Å². The monoisotopic (exact) mass is 716 g/mol. The molecule has 8 fully saturated rings. The Hall–Kier alpha value is -2.18. The van der Waals surface area contributed by atoms with Gasteiger partial charge in [0, 0.05) is 26.1 Å². The molecule has 0 amide bonds. The maximum absolute atomic E-state index is 6.92. The molecule has 230 valence electrons. The molecule has 8 bridgehead atoms. The molecule has 0 aliphatic heterocycles. The average molecular weight is 719 g/mol. The number of benzene rings is 3. The number of rotatable bonds is 6. The SMILES string of the molecule is Nc1cc(Br)ccc1Oc1cc(Oc2ccc(Br)cc2N)c(C23CC4CC(CC(C4)C2)C3)cc1C12CC3CC(CC(C3)C1)C2. The van der Waals surface area contributed by atoms with Crippen LogP contribution in [0.4, 0.5) is 11.4 Å². The second kappa shape index (κ2) is 10.2. The predicted octanol–water partition coefficient (Wildman–Crippen LogP) is 10.9. The molecule has 8 saturated carbocycles. The fourth-order valence-electron chi connectivity index (χ4n) is 11.9. The smallest absolute Gasteiger partial charge is 0.150 e. The quantitative estimate of drug-likeness (QED) is 0.249. The zero-order valence-electron chi connectivity index (χ0n) is 25.3. The molecule has 44 heavy (non-hydrogen) atoms. The van der Waals surface area contributed by atoms with Crippen LogP contribution in [-0.2, 0) is 10.8 Å². The van der Waals surface area contributed by atoms with Gasteiger partial charge in [-0.05, 0) is 166 Å². The van der Waals surface area contributed by atoms with Gasteiger partial charge in [0.05, 0.1) is 11.4 Å². The van der Waals surface area contributed by atoms with Crippen molar-refractivity contribution in [2.75, 3.05) is 11.5 Å². The number of anilines is 2. The van der Waals surface area contributed by atoms with Gasteiger partial charge in [-0.3, -0.25) is 0 Å². The van der Waals surface area contributed by atoms with Crippen molar-refractivity contribution in [1.82, 2.24) is 0 Å². The zero-order chi connectivity index (χ0) is 29.8. The number of ether oxygens (including phenoxy) is 2. The minimum Gasteiger partial charge on any atom is -0.455 e. The van der Waals surface area contributed by atoms with Crippen LogP contribution in [0.5, 0.6) is 23.0 Å². The topological polar surface area (TPSA) is 70.5 Å². The Kier molecular flexibility index (Phi) is 6.48.